The van der Waals surface area contributed by atoms with E-state index in [-0.39, 0.29) is 12.5 Å². The lowest BCUT2D eigenvalue weighted by Gasteiger charge is -2.33. The van der Waals surface area contributed by atoms with Crippen LogP contribution in [0.15, 0.2) is 66.7 Å². The summed E-state index contributed by atoms with van der Waals surface area (Å²) in [7, 11) is 1.70. The van der Waals surface area contributed by atoms with Crippen LogP contribution in [-0.2, 0) is 9.53 Å². The minimum atomic E-state index is -0.598. The summed E-state index contributed by atoms with van der Waals surface area (Å²) < 4.78 is 16.8. The van der Waals surface area contributed by atoms with Crippen molar-refractivity contribution in [3.63, 3.8) is 0 Å². The maximum Gasteiger partial charge on any atom is 0.247 e. The van der Waals surface area contributed by atoms with Crippen molar-refractivity contribution in [2.75, 3.05) is 59.7 Å². The number of piperidine rings is 1. The Labute approximate surface area is 236 Å². The van der Waals surface area contributed by atoms with E-state index in [1.165, 1.54) is 16.3 Å². The van der Waals surface area contributed by atoms with Crippen molar-refractivity contribution < 1.29 is 24.1 Å². The lowest BCUT2D eigenvalue weighted by Crippen LogP contribution is -2.40. The number of nitrogens with zero attached hydrogens (tertiary/aromatic N) is 2. The lowest BCUT2D eigenvalue weighted by molar-refractivity contribution is -0.129. The van der Waals surface area contributed by atoms with E-state index in [0.717, 1.165) is 42.8 Å². The van der Waals surface area contributed by atoms with E-state index < -0.39 is 6.10 Å². The minimum absolute atomic E-state index is 0.0111. The van der Waals surface area contributed by atoms with Crippen LogP contribution in [0.25, 0.3) is 16.3 Å². The van der Waals surface area contributed by atoms with Crippen LogP contribution in [0, 0.1) is 0 Å². The summed E-state index contributed by atoms with van der Waals surface area (Å²) in [6, 6.07) is 20.6. The van der Waals surface area contributed by atoms with Crippen LogP contribution in [0.2, 0.25) is 0 Å². The topological polar surface area (TPSA) is 71.5 Å². The number of β-amino-alcohol motifs (C(OH)–C–C–N with tert-alkyl or cyclic N) is 1. The summed E-state index contributed by atoms with van der Waals surface area (Å²) in [5.74, 6) is 2.07. The number of carbonyl (C=O) groups excluding carboxylic acids is 1. The first kappa shape index (κ1) is 28.1. The number of methoxy groups -OCH3 is 1. The van der Waals surface area contributed by atoms with Crippen molar-refractivity contribution in [1.29, 1.82) is 0 Å². The molecule has 7 nitrogen and oxygen atoms in total. The van der Waals surface area contributed by atoms with E-state index in [9.17, 15) is 9.90 Å². The predicted octanol–water partition coefficient (Wildman–Crippen LogP) is 4.73. The van der Waals surface area contributed by atoms with E-state index in [2.05, 4.69) is 35.2 Å². The number of likely N-dealkylation sites (tertiary alicyclic amines) is 1. The molecule has 3 aromatic rings. The number of benzene rings is 3. The fourth-order valence-corrected chi connectivity index (χ4v) is 5.67. The molecule has 3 aromatic carbocycles. The van der Waals surface area contributed by atoms with Gasteiger partial charge in [0, 0.05) is 31.3 Å². The van der Waals surface area contributed by atoms with Gasteiger partial charge in [0.05, 0.1) is 20.3 Å². The van der Waals surface area contributed by atoms with Gasteiger partial charge in [-0.2, -0.15) is 0 Å². The summed E-state index contributed by atoms with van der Waals surface area (Å²) in [4.78, 5) is 16.8. The highest BCUT2D eigenvalue weighted by molar-refractivity contribution is 5.95. The summed E-state index contributed by atoms with van der Waals surface area (Å²) in [5.41, 5.74) is 3.09. The largest absolute Gasteiger partial charge is 0.497 e. The standard InChI is InChI=1S/C33H40N2O5/c1-24(19-33(37)35-15-17-39-18-16-35)31-5-3-4-6-32(31)40-23-29(36)22-34-13-11-25(12-14-34)26-7-8-28-21-30(38-2)10-9-27(28)20-26/h3-10,19-21,25,29,36H,11-18,22-23H2,1-2H3. The molecule has 0 radical (unpaired) electrons. The van der Waals surface area contributed by atoms with Crippen molar-refractivity contribution >= 4 is 22.3 Å². The summed E-state index contributed by atoms with van der Waals surface area (Å²) in [6.07, 6.45) is 3.21. The molecule has 1 N–H and O–H groups in total. The van der Waals surface area contributed by atoms with Crippen molar-refractivity contribution in [1.82, 2.24) is 9.80 Å². The number of aliphatic hydroxyl groups is 1. The van der Waals surface area contributed by atoms with E-state index >= 15 is 0 Å². The van der Waals surface area contributed by atoms with Gasteiger partial charge in [0.15, 0.2) is 0 Å². The molecule has 7 heteroatoms. The maximum absolute atomic E-state index is 12.7. The second kappa shape index (κ2) is 13.3. The molecule has 212 valence electrons. The number of fused-ring (bicyclic) bond motifs is 1. The highest BCUT2D eigenvalue weighted by Crippen LogP contribution is 2.31. The van der Waals surface area contributed by atoms with Gasteiger partial charge in [0.1, 0.15) is 24.2 Å². The molecule has 0 aliphatic carbocycles. The van der Waals surface area contributed by atoms with Gasteiger partial charge in [-0.3, -0.25) is 4.79 Å². The predicted molar refractivity (Wildman–Crippen MR) is 158 cm³/mol. The van der Waals surface area contributed by atoms with Gasteiger partial charge in [-0.05, 0) is 78.9 Å². The number of hydrogen-bond donors (Lipinski definition) is 1. The second-order valence-electron chi connectivity index (χ2n) is 10.8. The van der Waals surface area contributed by atoms with Crippen molar-refractivity contribution in [3.8, 4) is 11.5 Å². The number of morpholine rings is 1. The van der Waals surface area contributed by atoms with E-state index in [1.54, 1.807) is 18.1 Å². The third-order valence-electron chi connectivity index (χ3n) is 8.01. The number of hydrogen-bond acceptors (Lipinski definition) is 6. The Morgan fingerprint density at radius 3 is 2.52 bits per heavy atom. The van der Waals surface area contributed by atoms with Crippen LogP contribution in [0.4, 0.5) is 0 Å². The number of carbonyl (C=O) groups is 1. The van der Waals surface area contributed by atoms with Crippen LogP contribution in [-0.4, -0.2) is 86.6 Å². The smallest absolute Gasteiger partial charge is 0.247 e. The van der Waals surface area contributed by atoms with Crippen molar-refractivity contribution in [3.05, 3.63) is 77.9 Å². The molecule has 5 rings (SSSR count). The number of aliphatic hydroxyl groups excluding tert-OH is 1. The van der Waals surface area contributed by atoms with Gasteiger partial charge >= 0.3 is 0 Å². The minimum Gasteiger partial charge on any atom is -0.497 e. The molecule has 0 bridgehead atoms. The van der Waals surface area contributed by atoms with Gasteiger partial charge in [0.2, 0.25) is 5.91 Å². The molecular weight excluding hydrogens is 504 g/mol. The molecule has 2 aliphatic heterocycles. The van der Waals surface area contributed by atoms with Gasteiger partial charge in [-0.1, -0.05) is 42.5 Å². The summed E-state index contributed by atoms with van der Waals surface area (Å²) >= 11 is 0. The Morgan fingerprint density at radius 1 is 1.02 bits per heavy atom. The van der Waals surface area contributed by atoms with Gasteiger partial charge in [-0.15, -0.1) is 0 Å². The molecular formula is C33H40N2O5. The highest BCUT2D eigenvalue weighted by Gasteiger charge is 2.23. The van der Waals surface area contributed by atoms with E-state index in [1.807, 2.05) is 37.3 Å². The van der Waals surface area contributed by atoms with E-state index in [0.29, 0.717) is 44.5 Å². The first-order chi connectivity index (χ1) is 19.5. The van der Waals surface area contributed by atoms with E-state index in [4.69, 9.17) is 14.2 Å². The molecule has 0 spiro atoms. The zero-order valence-corrected chi connectivity index (χ0v) is 23.6. The quantitative estimate of drug-likeness (QED) is 0.393. The summed E-state index contributed by atoms with van der Waals surface area (Å²) in [5, 5.41) is 13.2. The Kier molecular flexibility index (Phi) is 9.37. The molecule has 1 atom stereocenters. The first-order valence-corrected chi connectivity index (χ1v) is 14.3. The average Bonchev–Trinajstić information content (AvgIpc) is 3.00. The SMILES string of the molecule is COc1ccc2cc(C3CCN(CC(O)COc4ccccc4C(C)=CC(=O)N4CCOCC4)CC3)ccc2c1. The third kappa shape index (κ3) is 7.02. The second-order valence-corrected chi connectivity index (χ2v) is 10.8. The van der Waals surface area contributed by atoms with Crippen molar-refractivity contribution in [2.24, 2.45) is 0 Å². The van der Waals surface area contributed by atoms with Crippen LogP contribution in [0.1, 0.15) is 36.8 Å². The molecule has 2 aliphatic rings. The van der Waals surface area contributed by atoms with Gasteiger partial charge in [0.25, 0.3) is 0 Å². The number of amides is 1. The van der Waals surface area contributed by atoms with Crippen LogP contribution in [0.5, 0.6) is 11.5 Å². The monoisotopic (exact) mass is 544 g/mol. The van der Waals surface area contributed by atoms with Crippen LogP contribution in [0.3, 0.4) is 0 Å². The Morgan fingerprint density at radius 2 is 1.75 bits per heavy atom. The molecule has 2 heterocycles. The fourth-order valence-electron chi connectivity index (χ4n) is 5.67. The molecule has 40 heavy (non-hydrogen) atoms. The fraction of sp³-hybridized carbons (Fsp3) is 0.424. The summed E-state index contributed by atoms with van der Waals surface area (Å²) in [6.45, 7) is 6.99. The molecule has 0 aromatic heterocycles. The average molecular weight is 545 g/mol. The molecule has 0 saturated carbocycles. The van der Waals surface area contributed by atoms with Crippen LogP contribution >= 0.6 is 0 Å². The number of ether oxygens (including phenoxy) is 3. The zero-order valence-electron chi connectivity index (χ0n) is 23.6. The lowest BCUT2D eigenvalue weighted by atomic mass is 9.88. The molecule has 2 saturated heterocycles. The Balaban J connectivity index is 1.11. The number of allylic oxidation sites excluding steroid dienone is 1. The number of rotatable bonds is 9. The molecule has 1 amide bonds. The first-order valence-electron chi connectivity index (χ1n) is 14.3. The Bertz CT molecular complexity index is 1330. The van der Waals surface area contributed by atoms with Crippen LogP contribution < -0.4 is 9.47 Å². The third-order valence-corrected chi connectivity index (χ3v) is 8.01. The molecule has 1 unspecified atom stereocenters. The molecule has 2 fully saturated rings. The Hall–Kier alpha value is -3.39. The zero-order chi connectivity index (χ0) is 27.9. The van der Waals surface area contributed by atoms with Gasteiger partial charge in [-0.25, -0.2) is 0 Å². The number of para-hydroxylation sites is 1. The van der Waals surface area contributed by atoms with Gasteiger partial charge < -0.3 is 29.1 Å². The highest BCUT2D eigenvalue weighted by atomic mass is 16.5. The van der Waals surface area contributed by atoms with Crippen molar-refractivity contribution in [2.45, 2.75) is 31.8 Å². The maximum atomic E-state index is 12.7. The normalized spacial score (nSPS) is 18.1.